The summed E-state index contributed by atoms with van der Waals surface area (Å²) >= 11 is 2.19. The summed E-state index contributed by atoms with van der Waals surface area (Å²) < 4.78 is 28.7. The first-order valence-electron chi connectivity index (χ1n) is 8.10. The predicted octanol–water partition coefficient (Wildman–Crippen LogP) is 4.65. The number of carbonyl (C=O) groups is 1. The summed E-state index contributed by atoms with van der Waals surface area (Å²) in [6.45, 7) is 1.78. The van der Waals surface area contributed by atoms with Gasteiger partial charge in [0.1, 0.15) is 0 Å². The Balaban J connectivity index is 1.84. The highest BCUT2D eigenvalue weighted by atomic mass is 127. The molecule has 0 aliphatic carbocycles. The van der Waals surface area contributed by atoms with Crippen LogP contribution in [0.2, 0.25) is 0 Å². The van der Waals surface area contributed by atoms with Crippen LogP contribution in [0.5, 0.6) is 0 Å². The normalized spacial score (nSPS) is 11.0. The van der Waals surface area contributed by atoms with Crippen molar-refractivity contribution in [2.75, 3.05) is 10.0 Å². The number of anilines is 2. The first-order chi connectivity index (χ1) is 12.8. The fourth-order valence-electron chi connectivity index (χ4n) is 2.41. The van der Waals surface area contributed by atoms with Crippen molar-refractivity contribution in [2.24, 2.45) is 0 Å². The number of hydrogen-bond donors (Lipinski definition) is 2. The Morgan fingerprint density at radius 2 is 1.59 bits per heavy atom. The SMILES string of the molecule is Cc1ccc(C(=O)Nc2ccc(I)cc2)cc1NS(=O)(=O)c1ccccc1. The Morgan fingerprint density at radius 1 is 0.926 bits per heavy atom. The van der Waals surface area contributed by atoms with Crippen LogP contribution in [0.1, 0.15) is 15.9 Å². The predicted molar refractivity (Wildman–Crippen MR) is 116 cm³/mol. The molecule has 5 nitrogen and oxygen atoms in total. The maximum atomic E-state index is 12.5. The molecule has 3 rings (SSSR count). The van der Waals surface area contributed by atoms with Crippen LogP contribution in [0.15, 0.2) is 77.7 Å². The van der Waals surface area contributed by atoms with Crippen LogP contribution in [0.4, 0.5) is 11.4 Å². The zero-order valence-electron chi connectivity index (χ0n) is 14.4. The molecule has 7 heteroatoms. The second kappa shape index (κ2) is 8.10. The molecule has 138 valence electrons. The number of carbonyl (C=O) groups excluding carboxylic acids is 1. The van der Waals surface area contributed by atoms with E-state index in [-0.39, 0.29) is 10.8 Å². The van der Waals surface area contributed by atoms with E-state index in [1.165, 1.54) is 18.2 Å². The number of benzene rings is 3. The monoisotopic (exact) mass is 492 g/mol. The van der Waals surface area contributed by atoms with Gasteiger partial charge in [0.25, 0.3) is 15.9 Å². The lowest BCUT2D eigenvalue weighted by molar-refractivity contribution is 0.102. The van der Waals surface area contributed by atoms with Gasteiger partial charge in [0.05, 0.1) is 10.6 Å². The minimum absolute atomic E-state index is 0.165. The highest BCUT2D eigenvalue weighted by Crippen LogP contribution is 2.22. The van der Waals surface area contributed by atoms with E-state index in [4.69, 9.17) is 0 Å². The smallest absolute Gasteiger partial charge is 0.261 e. The number of hydrogen-bond acceptors (Lipinski definition) is 3. The van der Waals surface area contributed by atoms with Gasteiger partial charge >= 0.3 is 0 Å². The second-order valence-corrected chi connectivity index (χ2v) is 8.84. The first-order valence-corrected chi connectivity index (χ1v) is 10.7. The fourth-order valence-corrected chi connectivity index (χ4v) is 3.92. The summed E-state index contributed by atoms with van der Waals surface area (Å²) in [6, 6.07) is 20.4. The topological polar surface area (TPSA) is 75.3 Å². The molecule has 27 heavy (non-hydrogen) atoms. The third-order valence-corrected chi connectivity index (χ3v) is 6.00. The van der Waals surface area contributed by atoms with E-state index in [9.17, 15) is 13.2 Å². The number of sulfonamides is 1. The highest BCUT2D eigenvalue weighted by molar-refractivity contribution is 14.1. The van der Waals surface area contributed by atoms with Crippen LogP contribution in [0.3, 0.4) is 0 Å². The van der Waals surface area contributed by atoms with Gasteiger partial charge in [0.15, 0.2) is 0 Å². The summed E-state index contributed by atoms with van der Waals surface area (Å²) in [5.41, 5.74) is 2.13. The Kier molecular flexibility index (Phi) is 5.81. The molecule has 0 aromatic heterocycles. The highest BCUT2D eigenvalue weighted by Gasteiger charge is 2.16. The molecule has 2 N–H and O–H groups in total. The lowest BCUT2D eigenvalue weighted by atomic mass is 10.1. The van der Waals surface area contributed by atoms with Crippen molar-refractivity contribution in [3.05, 3.63) is 87.5 Å². The standard InChI is InChI=1S/C20H17IN2O3S/c1-14-7-8-15(20(24)22-17-11-9-16(21)10-12-17)13-19(14)23-27(25,26)18-5-3-2-4-6-18/h2-13,23H,1H3,(H,22,24). The maximum absolute atomic E-state index is 12.5. The number of halogens is 1. The molecule has 0 heterocycles. The minimum atomic E-state index is -3.72. The average Bonchev–Trinajstić information content (AvgIpc) is 2.66. The first kappa shape index (κ1) is 19.4. The van der Waals surface area contributed by atoms with Crippen molar-refractivity contribution in [1.29, 1.82) is 0 Å². The molecular weight excluding hydrogens is 475 g/mol. The second-order valence-electron chi connectivity index (χ2n) is 5.91. The molecule has 0 saturated carbocycles. The van der Waals surface area contributed by atoms with Crippen molar-refractivity contribution in [3.8, 4) is 0 Å². The molecule has 0 spiro atoms. The van der Waals surface area contributed by atoms with E-state index < -0.39 is 10.0 Å². The third-order valence-electron chi connectivity index (χ3n) is 3.90. The Morgan fingerprint density at radius 3 is 2.26 bits per heavy atom. The number of rotatable bonds is 5. The number of amides is 1. The average molecular weight is 492 g/mol. The van der Waals surface area contributed by atoms with Crippen LogP contribution in [0.25, 0.3) is 0 Å². The van der Waals surface area contributed by atoms with E-state index in [0.717, 1.165) is 9.13 Å². The van der Waals surface area contributed by atoms with Gasteiger partial charge in [-0.25, -0.2) is 8.42 Å². The fraction of sp³-hybridized carbons (Fsp3) is 0.0500. The largest absolute Gasteiger partial charge is 0.322 e. The third kappa shape index (κ3) is 4.86. The Bertz CT molecular complexity index is 1070. The minimum Gasteiger partial charge on any atom is -0.322 e. The van der Waals surface area contributed by atoms with Crippen LogP contribution < -0.4 is 10.0 Å². The van der Waals surface area contributed by atoms with E-state index in [1.54, 1.807) is 37.3 Å². The van der Waals surface area contributed by atoms with Gasteiger partial charge in [0.2, 0.25) is 0 Å². The molecule has 0 fully saturated rings. The van der Waals surface area contributed by atoms with E-state index in [1.807, 2.05) is 24.3 Å². The van der Waals surface area contributed by atoms with Gasteiger partial charge in [0, 0.05) is 14.8 Å². The quantitative estimate of drug-likeness (QED) is 0.510. The van der Waals surface area contributed by atoms with E-state index in [2.05, 4.69) is 32.6 Å². The molecule has 3 aromatic rings. The van der Waals surface area contributed by atoms with Gasteiger partial charge in [-0.15, -0.1) is 0 Å². The Hall–Kier alpha value is -2.39. The Labute approximate surface area is 172 Å². The van der Waals surface area contributed by atoms with Crippen LogP contribution in [0, 0.1) is 10.5 Å². The molecule has 3 aromatic carbocycles. The molecule has 0 aliphatic heterocycles. The van der Waals surface area contributed by atoms with Crippen molar-refractivity contribution in [1.82, 2.24) is 0 Å². The lowest BCUT2D eigenvalue weighted by Crippen LogP contribution is -2.16. The van der Waals surface area contributed by atoms with Crippen LogP contribution in [-0.4, -0.2) is 14.3 Å². The molecule has 0 aliphatic rings. The molecule has 0 atom stereocenters. The van der Waals surface area contributed by atoms with Crippen molar-refractivity contribution >= 4 is 49.9 Å². The number of aryl methyl sites for hydroxylation is 1. The summed E-state index contributed by atoms with van der Waals surface area (Å²) in [6.07, 6.45) is 0. The summed E-state index contributed by atoms with van der Waals surface area (Å²) in [5, 5.41) is 2.81. The van der Waals surface area contributed by atoms with Gasteiger partial charge < -0.3 is 5.32 Å². The van der Waals surface area contributed by atoms with Crippen LogP contribution >= 0.6 is 22.6 Å². The van der Waals surface area contributed by atoms with Crippen molar-refractivity contribution in [2.45, 2.75) is 11.8 Å². The molecule has 1 amide bonds. The molecule has 0 radical (unpaired) electrons. The van der Waals surface area contributed by atoms with Crippen LogP contribution in [-0.2, 0) is 10.0 Å². The van der Waals surface area contributed by atoms with E-state index >= 15 is 0 Å². The number of nitrogens with one attached hydrogen (secondary N) is 2. The summed E-state index contributed by atoms with van der Waals surface area (Å²) in [5.74, 6) is -0.309. The van der Waals surface area contributed by atoms with Gasteiger partial charge in [-0.05, 0) is 83.6 Å². The lowest BCUT2D eigenvalue weighted by Gasteiger charge is -2.12. The van der Waals surface area contributed by atoms with E-state index in [0.29, 0.717) is 16.9 Å². The zero-order valence-corrected chi connectivity index (χ0v) is 17.4. The summed E-state index contributed by atoms with van der Waals surface area (Å²) in [4.78, 5) is 12.7. The molecular formula is C20H17IN2O3S. The van der Waals surface area contributed by atoms with Gasteiger partial charge in [-0.3, -0.25) is 9.52 Å². The summed E-state index contributed by atoms with van der Waals surface area (Å²) in [7, 11) is -3.72. The molecule has 0 unspecified atom stereocenters. The van der Waals surface area contributed by atoms with Gasteiger partial charge in [-0.1, -0.05) is 24.3 Å². The zero-order chi connectivity index (χ0) is 19.4. The maximum Gasteiger partial charge on any atom is 0.261 e. The van der Waals surface area contributed by atoms with Crippen molar-refractivity contribution < 1.29 is 13.2 Å². The molecule has 0 saturated heterocycles. The molecule has 0 bridgehead atoms. The van der Waals surface area contributed by atoms with Gasteiger partial charge in [-0.2, -0.15) is 0 Å². The van der Waals surface area contributed by atoms with Crippen molar-refractivity contribution in [3.63, 3.8) is 0 Å².